The first-order valence-corrected chi connectivity index (χ1v) is 9.22. The van der Waals surface area contributed by atoms with Crippen LogP contribution in [0.3, 0.4) is 0 Å². The molecule has 128 valence electrons. The van der Waals surface area contributed by atoms with Crippen molar-refractivity contribution < 1.29 is 0 Å². The highest BCUT2D eigenvalue weighted by Crippen LogP contribution is 2.40. The number of rotatable bonds is 7. The second-order valence-corrected chi connectivity index (χ2v) is 7.46. The van der Waals surface area contributed by atoms with Crippen molar-refractivity contribution in [2.45, 2.75) is 72.9 Å². The average molecular weight is 315 g/mol. The molecule has 0 fully saturated rings. The van der Waals surface area contributed by atoms with Crippen LogP contribution in [0, 0.1) is 6.92 Å². The van der Waals surface area contributed by atoms with Crippen molar-refractivity contribution in [3.8, 4) is 0 Å². The molecule has 2 nitrogen and oxygen atoms in total. The molecule has 1 N–H and O–H groups in total. The third-order valence-electron chi connectivity index (χ3n) is 4.91. The number of fused-ring (bicyclic) bond motifs is 1. The summed E-state index contributed by atoms with van der Waals surface area (Å²) in [7, 11) is 0. The van der Waals surface area contributed by atoms with Crippen LogP contribution in [0.2, 0.25) is 0 Å². The molecule has 0 aromatic heterocycles. The van der Waals surface area contributed by atoms with Crippen LogP contribution in [0.1, 0.15) is 70.6 Å². The number of hydrogen-bond donors (Lipinski definition) is 1. The minimum Gasteiger partial charge on any atom is -0.362 e. The van der Waals surface area contributed by atoms with Gasteiger partial charge in [-0.2, -0.15) is 0 Å². The van der Waals surface area contributed by atoms with Crippen molar-refractivity contribution in [2.75, 3.05) is 18.0 Å². The largest absolute Gasteiger partial charge is 0.362 e. The molecule has 1 aliphatic heterocycles. The van der Waals surface area contributed by atoms with Gasteiger partial charge in [0.25, 0.3) is 0 Å². The second kappa shape index (κ2) is 7.53. The monoisotopic (exact) mass is 314 g/mol. The summed E-state index contributed by atoms with van der Waals surface area (Å²) in [5.74, 6) is 0. The molecule has 0 saturated heterocycles. The molecule has 1 aromatic rings. The normalized spacial score (nSPS) is 16.3. The maximum atomic E-state index is 3.54. The summed E-state index contributed by atoms with van der Waals surface area (Å²) in [5.41, 5.74) is 7.18. The summed E-state index contributed by atoms with van der Waals surface area (Å²) in [6.07, 6.45) is 6.10. The molecule has 1 aliphatic rings. The van der Waals surface area contributed by atoms with Gasteiger partial charge in [-0.1, -0.05) is 26.3 Å². The Kier molecular flexibility index (Phi) is 5.91. The van der Waals surface area contributed by atoms with Crippen molar-refractivity contribution in [2.24, 2.45) is 0 Å². The predicted octanol–water partition coefficient (Wildman–Crippen LogP) is 5.30. The van der Waals surface area contributed by atoms with Gasteiger partial charge in [-0.25, -0.2) is 0 Å². The highest BCUT2D eigenvalue weighted by molar-refractivity contribution is 5.82. The summed E-state index contributed by atoms with van der Waals surface area (Å²) in [6, 6.07) is 4.82. The second-order valence-electron chi connectivity index (χ2n) is 7.46. The Morgan fingerprint density at radius 3 is 2.48 bits per heavy atom. The Hall–Kier alpha value is -1.28. The van der Waals surface area contributed by atoms with Crippen LogP contribution in [0.25, 0.3) is 5.57 Å². The first-order chi connectivity index (χ1) is 10.9. The van der Waals surface area contributed by atoms with Crippen LogP contribution in [0.15, 0.2) is 18.2 Å². The van der Waals surface area contributed by atoms with Crippen LogP contribution in [-0.4, -0.2) is 18.6 Å². The van der Waals surface area contributed by atoms with E-state index < -0.39 is 0 Å². The van der Waals surface area contributed by atoms with E-state index in [0.29, 0.717) is 0 Å². The SMILES string of the molecule is CCCCN1c2cc(C)c(CNCCC)cc2C(C)=CC1(C)C. The molecule has 0 unspecified atom stereocenters. The van der Waals surface area contributed by atoms with Gasteiger partial charge in [0, 0.05) is 24.3 Å². The molecule has 0 radical (unpaired) electrons. The van der Waals surface area contributed by atoms with E-state index in [1.807, 2.05) is 0 Å². The topological polar surface area (TPSA) is 15.3 Å². The first kappa shape index (κ1) is 18.1. The fraction of sp³-hybridized carbons (Fsp3) is 0.619. The van der Waals surface area contributed by atoms with Crippen molar-refractivity contribution in [3.05, 3.63) is 34.9 Å². The third-order valence-corrected chi connectivity index (χ3v) is 4.91. The van der Waals surface area contributed by atoms with Crippen LogP contribution >= 0.6 is 0 Å². The molecular weight excluding hydrogens is 280 g/mol. The third kappa shape index (κ3) is 3.98. The first-order valence-electron chi connectivity index (χ1n) is 9.22. The summed E-state index contributed by atoms with van der Waals surface area (Å²) in [5, 5.41) is 3.54. The summed E-state index contributed by atoms with van der Waals surface area (Å²) >= 11 is 0. The van der Waals surface area contributed by atoms with Gasteiger partial charge in [0.2, 0.25) is 0 Å². The molecule has 0 bridgehead atoms. The minimum absolute atomic E-state index is 0.0979. The lowest BCUT2D eigenvalue weighted by Crippen LogP contribution is -2.45. The maximum Gasteiger partial charge on any atom is 0.0534 e. The number of aryl methyl sites for hydroxylation is 1. The van der Waals surface area contributed by atoms with Crippen LogP contribution in [-0.2, 0) is 6.54 Å². The number of nitrogens with zero attached hydrogens (tertiary/aromatic N) is 1. The van der Waals surface area contributed by atoms with Crippen molar-refractivity contribution in [3.63, 3.8) is 0 Å². The van der Waals surface area contributed by atoms with Crippen molar-refractivity contribution in [1.29, 1.82) is 0 Å². The molecule has 2 rings (SSSR count). The molecule has 1 heterocycles. The van der Waals surface area contributed by atoms with Gasteiger partial charge in [-0.05, 0) is 75.9 Å². The maximum absolute atomic E-state index is 3.54. The zero-order chi connectivity index (χ0) is 17.0. The fourth-order valence-corrected chi connectivity index (χ4v) is 3.59. The lowest BCUT2D eigenvalue weighted by molar-refractivity contribution is 0.540. The average Bonchev–Trinajstić information content (AvgIpc) is 2.47. The minimum atomic E-state index is 0.0979. The molecule has 23 heavy (non-hydrogen) atoms. The lowest BCUT2D eigenvalue weighted by atomic mass is 9.86. The van der Waals surface area contributed by atoms with E-state index in [1.165, 1.54) is 47.2 Å². The highest BCUT2D eigenvalue weighted by Gasteiger charge is 2.31. The summed E-state index contributed by atoms with van der Waals surface area (Å²) < 4.78 is 0. The number of anilines is 1. The van der Waals surface area contributed by atoms with E-state index in [4.69, 9.17) is 0 Å². The standard InChI is InChI=1S/C21H34N2/c1-7-9-11-23-20-12-16(3)18(15-22-10-8-2)13-19(20)17(4)14-21(23,5)6/h12-14,22H,7-11,15H2,1-6H3. The van der Waals surface area contributed by atoms with Gasteiger partial charge < -0.3 is 10.2 Å². The van der Waals surface area contributed by atoms with Gasteiger partial charge in [0.1, 0.15) is 0 Å². The predicted molar refractivity (Wildman–Crippen MR) is 103 cm³/mol. The zero-order valence-corrected chi connectivity index (χ0v) is 15.9. The molecule has 0 saturated carbocycles. The summed E-state index contributed by atoms with van der Waals surface area (Å²) in [4.78, 5) is 2.59. The van der Waals surface area contributed by atoms with Gasteiger partial charge in [-0.3, -0.25) is 0 Å². The number of unbranched alkanes of at least 4 members (excludes halogenated alkanes) is 1. The van der Waals surface area contributed by atoms with E-state index in [9.17, 15) is 0 Å². The number of benzene rings is 1. The van der Waals surface area contributed by atoms with Crippen LogP contribution in [0.4, 0.5) is 5.69 Å². The molecular formula is C21H34N2. The van der Waals surface area contributed by atoms with E-state index >= 15 is 0 Å². The van der Waals surface area contributed by atoms with Gasteiger partial charge in [-0.15, -0.1) is 0 Å². The van der Waals surface area contributed by atoms with Gasteiger partial charge in [0.15, 0.2) is 0 Å². The van der Waals surface area contributed by atoms with Crippen molar-refractivity contribution in [1.82, 2.24) is 5.32 Å². The van der Waals surface area contributed by atoms with E-state index in [0.717, 1.165) is 19.6 Å². The Balaban J connectivity index is 2.38. The molecule has 0 spiro atoms. The number of hydrogen-bond acceptors (Lipinski definition) is 2. The highest BCUT2D eigenvalue weighted by atomic mass is 15.2. The van der Waals surface area contributed by atoms with E-state index in [-0.39, 0.29) is 5.54 Å². The molecule has 0 atom stereocenters. The molecule has 1 aromatic carbocycles. The van der Waals surface area contributed by atoms with Gasteiger partial charge >= 0.3 is 0 Å². The number of nitrogens with one attached hydrogen (secondary N) is 1. The van der Waals surface area contributed by atoms with E-state index in [1.54, 1.807) is 0 Å². The Morgan fingerprint density at radius 2 is 1.83 bits per heavy atom. The van der Waals surface area contributed by atoms with Crippen molar-refractivity contribution >= 4 is 11.3 Å². The molecule has 2 heteroatoms. The van der Waals surface area contributed by atoms with Crippen LogP contribution in [0.5, 0.6) is 0 Å². The zero-order valence-electron chi connectivity index (χ0n) is 15.9. The molecule has 0 aliphatic carbocycles. The Morgan fingerprint density at radius 1 is 1.09 bits per heavy atom. The summed E-state index contributed by atoms with van der Waals surface area (Å²) in [6.45, 7) is 16.9. The Labute approximate surface area is 143 Å². The quantitative estimate of drug-likeness (QED) is 0.687. The lowest BCUT2D eigenvalue weighted by Gasteiger charge is -2.44. The van der Waals surface area contributed by atoms with Gasteiger partial charge in [0.05, 0.1) is 5.54 Å². The van der Waals surface area contributed by atoms with E-state index in [2.05, 4.69) is 70.0 Å². The fourth-order valence-electron chi connectivity index (χ4n) is 3.59. The molecule has 0 amide bonds. The Bertz CT molecular complexity index is 569. The number of allylic oxidation sites excluding steroid dienone is 1. The smallest absolute Gasteiger partial charge is 0.0534 e. The van der Waals surface area contributed by atoms with Crippen LogP contribution < -0.4 is 10.2 Å².